The lowest BCUT2D eigenvalue weighted by Crippen LogP contribution is -1.90. The maximum absolute atomic E-state index is 8.53. The number of rotatable bonds is 3. The van der Waals surface area contributed by atoms with Crippen molar-refractivity contribution in [2.24, 2.45) is 5.92 Å². The third-order valence-corrected chi connectivity index (χ3v) is 2.84. The van der Waals surface area contributed by atoms with Crippen molar-refractivity contribution < 1.29 is 0 Å². The Balaban J connectivity index is 2.55. The van der Waals surface area contributed by atoms with E-state index in [2.05, 4.69) is 18.8 Å². The zero-order chi connectivity index (χ0) is 9.68. The quantitative estimate of drug-likeness (QED) is 0.691. The molecule has 0 atom stereocenters. The Morgan fingerprint density at radius 2 is 2.31 bits per heavy atom. The molecule has 0 aromatic carbocycles. The summed E-state index contributed by atoms with van der Waals surface area (Å²) in [6, 6.07) is 5.69. The molecule has 0 saturated heterocycles. The van der Waals surface area contributed by atoms with E-state index in [9.17, 15) is 0 Å². The second-order valence-electron chi connectivity index (χ2n) is 3.20. The van der Waals surface area contributed by atoms with Gasteiger partial charge < -0.3 is 0 Å². The Bertz CT molecular complexity index is 298. The molecule has 0 bridgehead atoms. The molecule has 1 aromatic rings. The Kier molecular flexibility index (Phi) is 3.78. The van der Waals surface area contributed by atoms with Crippen LogP contribution < -0.4 is 0 Å². The molecule has 68 valence electrons. The van der Waals surface area contributed by atoms with E-state index in [-0.39, 0.29) is 0 Å². The first kappa shape index (κ1) is 10.1. The van der Waals surface area contributed by atoms with Crippen LogP contribution in [0.25, 0.3) is 0 Å². The van der Waals surface area contributed by atoms with Gasteiger partial charge in [0.15, 0.2) is 0 Å². The van der Waals surface area contributed by atoms with Crippen molar-refractivity contribution in [2.75, 3.05) is 5.75 Å². The fourth-order valence-corrected chi connectivity index (χ4v) is 1.61. The van der Waals surface area contributed by atoms with Crippen molar-refractivity contribution in [2.45, 2.75) is 18.7 Å². The highest BCUT2D eigenvalue weighted by Gasteiger charge is 1.98. The Morgan fingerprint density at radius 1 is 1.54 bits per heavy atom. The molecular weight excluding hydrogens is 180 g/mol. The maximum atomic E-state index is 8.53. The molecule has 0 aliphatic heterocycles. The van der Waals surface area contributed by atoms with Crippen LogP contribution in [0, 0.1) is 17.2 Å². The van der Waals surface area contributed by atoms with E-state index >= 15 is 0 Å². The molecule has 0 aliphatic carbocycles. The van der Waals surface area contributed by atoms with Gasteiger partial charge in [-0.1, -0.05) is 13.8 Å². The predicted octanol–water partition coefficient (Wildman–Crippen LogP) is 2.70. The summed E-state index contributed by atoms with van der Waals surface area (Å²) in [5, 5.41) is 8.53. The fourth-order valence-electron chi connectivity index (χ4n) is 0.795. The van der Waals surface area contributed by atoms with Gasteiger partial charge in [-0.05, 0) is 18.1 Å². The van der Waals surface area contributed by atoms with Crippen molar-refractivity contribution in [1.29, 1.82) is 5.26 Å². The summed E-state index contributed by atoms with van der Waals surface area (Å²) < 4.78 is 0. The smallest absolute Gasteiger partial charge is 0.140 e. The third kappa shape index (κ3) is 3.47. The predicted molar refractivity (Wildman–Crippen MR) is 54.5 cm³/mol. The van der Waals surface area contributed by atoms with Gasteiger partial charge in [0.05, 0.1) is 0 Å². The largest absolute Gasteiger partial charge is 0.244 e. The van der Waals surface area contributed by atoms with Crippen molar-refractivity contribution in [3.63, 3.8) is 0 Å². The Morgan fingerprint density at radius 3 is 2.77 bits per heavy atom. The standard InChI is InChI=1S/C10H12N2S/c1-8(2)7-13-10-4-3-9(5-11)12-6-10/h3-4,6,8H,7H2,1-2H3. The molecule has 0 fully saturated rings. The van der Waals surface area contributed by atoms with Gasteiger partial charge in [-0.3, -0.25) is 0 Å². The number of thioether (sulfide) groups is 1. The highest BCUT2D eigenvalue weighted by Crippen LogP contribution is 2.19. The number of pyridine rings is 1. The lowest BCUT2D eigenvalue weighted by Gasteiger charge is -2.03. The second kappa shape index (κ2) is 4.88. The monoisotopic (exact) mass is 192 g/mol. The zero-order valence-corrected chi connectivity index (χ0v) is 8.64. The van der Waals surface area contributed by atoms with E-state index < -0.39 is 0 Å². The molecule has 0 radical (unpaired) electrons. The van der Waals surface area contributed by atoms with Crippen molar-refractivity contribution in [3.05, 3.63) is 24.0 Å². The minimum absolute atomic E-state index is 0.480. The molecule has 13 heavy (non-hydrogen) atoms. The van der Waals surface area contributed by atoms with Crippen LogP contribution in [0.3, 0.4) is 0 Å². The van der Waals surface area contributed by atoms with Crippen LogP contribution in [0.4, 0.5) is 0 Å². The highest BCUT2D eigenvalue weighted by molar-refractivity contribution is 7.99. The van der Waals surface area contributed by atoms with Crippen molar-refractivity contribution in [1.82, 2.24) is 4.98 Å². The van der Waals surface area contributed by atoms with Crippen LogP contribution in [0.5, 0.6) is 0 Å². The molecule has 1 heterocycles. The van der Waals surface area contributed by atoms with E-state index in [0.717, 1.165) is 10.6 Å². The minimum atomic E-state index is 0.480. The first-order valence-corrected chi connectivity index (χ1v) is 5.20. The molecule has 0 N–H and O–H groups in total. The highest BCUT2D eigenvalue weighted by atomic mass is 32.2. The average molecular weight is 192 g/mol. The van der Waals surface area contributed by atoms with Crippen LogP contribution in [-0.2, 0) is 0 Å². The van der Waals surface area contributed by atoms with Gasteiger partial charge in [0.2, 0.25) is 0 Å². The van der Waals surface area contributed by atoms with Crippen molar-refractivity contribution in [3.8, 4) is 6.07 Å². The van der Waals surface area contributed by atoms with Gasteiger partial charge in [-0.25, -0.2) is 4.98 Å². The lowest BCUT2D eigenvalue weighted by atomic mass is 10.3. The maximum Gasteiger partial charge on any atom is 0.140 e. The summed E-state index contributed by atoms with van der Waals surface area (Å²) in [5.41, 5.74) is 0.480. The van der Waals surface area contributed by atoms with Crippen LogP contribution in [0.15, 0.2) is 23.2 Å². The number of hydrogen-bond donors (Lipinski definition) is 0. The first-order chi connectivity index (χ1) is 6.22. The molecule has 3 heteroatoms. The molecule has 0 amide bonds. The summed E-state index contributed by atoms with van der Waals surface area (Å²) >= 11 is 1.78. The fraction of sp³-hybridized carbons (Fsp3) is 0.400. The summed E-state index contributed by atoms with van der Waals surface area (Å²) in [7, 11) is 0. The first-order valence-electron chi connectivity index (χ1n) is 4.21. The normalized spacial score (nSPS) is 10.0. The van der Waals surface area contributed by atoms with Gasteiger partial charge in [0.1, 0.15) is 11.8 Å². The summed E-state index contributed by atoms with van der Waals surface area (Å²) in [6.07, 6.45) is 1.76. The van der Waals surface area contributed by atoms with E-state index in [1.165, 1.54) is 0 Å². The van der Waals surface area contributed by atoms with Gasteiger partial charge >= 0.3 is 0 Å². The molecule has 2 nitrogen and oxygen atoms in total. The van der Waals surface area contributed by atoms with Gasteiger partial charge in [-0.15, -0.1) is 11.8 Å². The average Bonchev–Trinajstić information content (AvgIpc) is 2.15. The molecule has 0 unspecified atom stereocenters. The summed E-state index contributed by atoms with van der Waals surface area (Å²) in [5.74, 6) is 1.77. The molecule has 0 spiro atoms. The zero-order valence-electron chi connectivity index (χ0n) is 7.82. The van der Waals surface area contributed by atoms with Gasteiger partial charge in [-0.2, -0.15) is 5.26 Å². The van der Waals surface area contributed by atoms with Gasteiger partial charge in [0.25, 0.3) is 0 Å². The SMILES string of the molecule is CC(C)CSc1ccc(C#N)nc1. The van der Waals surface area contributed by atoms with E-state index in [1.54, 1.807) is 24.0 Å². The molecule has 1 rings (SSSR count). The topological polar surface area (TPSA) is 36.7 Å². The lowest BCUT2D eigenvalue weighted by molar-refractivity contribution is 0.750. The number of hydrogen-bond acceptors (Lipinski definition) is 3. The molecule has 0 saturated carbocycles. The van der Waals surface area contributed by atoms with Crippen LogP contribution in [-0.4, -0.2) is 10.7 Å². The molecule has 1 aromatic heterocycles. The van der Waals surface area contributed by atoms with Crippen LogP contribution in [0.1, 0.15) is 19.5 Å². The molecular formula is C10H12N2S. The number of nitrogens with zero attached hydrogens (tertiary/aromatic N) is 2. The van der Waals surface area contributed by atoms with Crippen LogP contribution in [0.2, 0.25) is 0 Å². The van der Waals surface area contributed by atoms with Crippen LogP contribution >= 0.6 is 11.8 Å². The van der Waals surface area contributed by atoms with E-state index in [4.69, 9.17) is 5.26 Å². The summed E-state index contributed by atoms with van der Waals surface area (Å²) in [6.45, 7) is 4.37. The van der Waals surface area contributed by atoms with E-state index in [0.29, 0.717) is 11.6 Å². The summed E-state index contributed by atoms with van der Waals surface area (Å²) in [4.78, 5) is 5.13. The number of nitriles is 1. The molecule has 0 aliphatic rings. The van der Waals surface area contributed by atoms with Gasteiger partial charge in [0, 0.05) is 16.8 Å². The Labute approximate surface area is 83.0 Å². The van der Waals surface area contributed by atoms with Crippen molar-refractivity contribution >= 4 is 11.8 Å². The Hall–Kier alpha value is -1.01. The van der Waals surface area contributed by atoms with E-state index in [1.807, 2.05) is 12.1 Å². The number of aromatic nitrogens is 1. The third-order valence-electron chi connectivity index (χ3n) is 1.43. The minimum Gasteiger partial charge on any atom is -0.244 e. The second-order valence-corrected chi connectivity index (χ2v) is 4.29.